The molecule has 0 aromatic heterocycles. The predicted octanol–water partition coefficient (Wildman–Crippen LogP) is 2.88. The van der Waals surface area contributed by atoms with Gasteiger partial charge in [0.05, 0.1) is 7.11 Å². The van der Waals surface area contributed by atoms with E-state index in [9.17, 15) is 9.59 Å². The lowest BCUT2D eigenvalue weighted by Crippen LogP contribution is -2.19. The molecule has 0 fully saturated rings. The van der Waals surface area contributed by atoms with Crippen LogP contribution in [0.3, 0.4) is 0 Å². The fraction of sp³-hybridized carbons (Fsp3) is 0.333. The standard InChI is InChI=1S/C13H15NO3.C2H6/c1-3-14(10-15)12-6-4-5-11(9-12)7-8-13(16)17-2;1-2/h4-10H,3H2,1-2H3;1-2H3/b8-7+;. The Bertz CT molecular complexity index is 427. The molecular weight excluding hydrogens is 242 g/mol. The number of esters is 1. The van der Waals surface area contributed by atoms with E-state index in [-0.39, 0.29) is 0 Å². The quantitative estimate of drug-likeness (QED) is 0.466. The molecule has 4 nitrogen and oxygen atoms in total. The molecule has 0 N–H and O–H groups in total. The maximum Gasteiger partial charge on any atom is 0.330 e. The van der Waals surface area contributed by atoms with E-state index < -0.39 is 5.97 Å². The number of amides is 1. The number of hydrogen-bond acceptors (Lipinski definition) is 3. The Kier molecular flexibility index (Phi) is 8.79. The molecule has 0 saturated carbocycles. The molecule has 1 amide bonds. The van der Waals surface area contributed by atoms with Gasteiger partial charge in [-0.05, 0) is 30.7 Å². The smallest absolute Gasteiger partial charge is 0.330 e. The van der Waals surface area contributed by atoms with Crippen molar-refractivity contribution in [3.63, 3.8) is 0 Å². The van der Waals surface area contributed by atoms with Crippen LogP contribution in [0.4, 0.5) is 5.69 Å². The molecule has 1 rings (SSSR count). The third-order valence-electron chi connectivity index (χ3n) is 2.28. The lowest BCUT2D eigenvalue weighted by atomic mass is 10.2. The minimum Gasteiger partial charge on any atom is -0.466 e. The summed E-state index contributed by atoms with van der Waals surface area (Å²) in [7, 11) is 1.33. The predicted molar refractivity (Wildman–Crippen MR) is 77.9 cm³/mol. The molecular formula is C15H21NO3. The molecule has 0 aliphatic carbocycles. The summed E-state index contributed by atoms with van der Waals surface area (Å²) in [5, 5.41) is 0. The van der Waals surface area contributed by atoms with Crippen LogP contribution in [0.1, 0.15) is 26.3 Å². The van der Waals surface area contributed by atoms with Crippen LogP contribution in [-0.2, 0) is 14.3 Å². The zero-order valence-corrected chi connectivity index (χ0v) is 11.9. The Morgan fingerprint density at radius 2 is 2.05 bits per heavy atom. The van der Waals surface area contributed by atoms with Gasteiger partial charge in [0.1, 0.15) is 0 Å². The van der Waals surface area contributed by atoms with Gasteiger partial charge in [-0.3, -0.25) is 4.79 Å². The number of anilines is 1. The van der Waals surface area contributed by atoms with Gasteiger partial charge in [-0.25, -0.2) is 4.79 Å². The van der Waals surface area contributed by atoms with Gasteiger partial charge in [-0.2, -0.15) is 0 Å². The van der Waals surface area contributed by atoms with Crippen molar-refractivity contribution in [1.82, 2.24) is 0 Å². The molecule has 1 aromatic carbocycles. The molecule has 0 spiro atoms. The largest absolute Gasteiger partial charge is 0.466 e. The van der Waals surface area contributed by atoms with Gasteiger partial charge in [-0.1, -0.05) is 26.0 Å². The minimum absolute atomic E-state index is 0.405. The van der Waals surface area contributed by atoms with E-state index in [1.807, 2.05) is 45.0 Å². The lowest BCUT2D eigenvalue weighted by Gasteiger charge is -2.14. The van der Waals surface area contributed by atoms with Gasteiger partial charge < -0.3 is 9.64 Å². The highest BCUT2D eigenvalue weighted by molar-refractivity contribution is 5.87. The van der Waals surface area contributed by atoms with Crippen LogP contribution in [0, 0.1) is 0 Å². The minimum atomic E-state index is -0.405. The molecule has 0 aliphatic heterocycles. The second kappa shape index (κ2) is 9.88. The van der Waals surface area contributed by atoms with Crippen molar-refractivity contribution in [2.75, 3.05) is 18.6 Å². The van der Waals surface area contributed by atoms with Crippen LogP contribution in [0.15, 0.2) is 30.3 Å². The summed E-state index contributed by atoms with van der Waals surface area (Å²) in [5.41, 5.74) is 1.64. The molecule has 104 valence electrons. The number of nitrogens with zero attached hydrogens (tertiary/aromatic N) is 1. The summed E-state index contributed by atoms with van der Waals surface area (Å²) in [4.78, 5) is 23.3. The molecule has 0 saturated heterocycles. The molecule has 0 bridgehead atoms. The number of carbonyl (C=O) groups is 2. The highest BCUT2D eigenvalue weighted by atomic mass is 16.5. The van der Waals surface area contributed by atoms with Crippen molar-refractivity contribution in [3.8, 4) is 0 Å². The number of methoxy groups -OCH3 is 1. The number of benzene rings is 1. The Hall–Kier alpha value is -2.10. The van der Waals surface area contributed by atoms with Crippen molar-refractivity contribution in [1.29, 1.82) is 0 Å². The highest BCUT2D eigenvalue weighted by Gasteiger charge is 2.02. The third kappa shape index (κ3) is 5.86. The third-order valence-corrected chi connectivity index (χ3v) is 2.28. The van der Waals surface area contributed by atoms with Gasteiger partial charge in [0.2, 0.25) is 6.41 Å². The summed E-state index contributed by atoms with van der Waals surface area (Å²) in [6, 6.07) is 7.35. The van der Waals surface area contributed by atoms with E-state index >= 15 is 0 Å². The average molecular weight is 263 g/mol. The zero-order valence-electron chi connectivity index (χ0n) is 11.9. The Morgan fingerprint density at radius 1 is 1.37 bits per heavy atom. The van der Waals surface area contributed by atoms with Gasteiger partial charge in [0.15, 0.2) is 0 Å². The Morgan fingerprint density at radius 3 is 2.58 bits per heavy atom. The van der Waals surface area contributed by atoms with Crippen LogP contribution in [0.25, 0.3) is 6.08 Å². The first-order chi connectivity index (χ1) is 9.21. The zero-order chi connectivity index (χ0) is 14.7. The van der Waals surface area contributed by atoms with E-state index in [2.05, 4.69) is 4.74 Å². The molecule has 0 aliphatic rings. The van der Waals surface area contributed by atoms with Crippen LogP contribution < -0.4 is 4.90 Å². The molecule has 0 heterocycles. The molecule has 1 aromatic rings. The SMILES string of the molecule is CC.CCN(C=O)c1cccc(/C=C/C(=O)OC)c1. The van der Waals surface area contributed by atoms with E-state index in [0.29, 0.717) is 6.54 Å². The van der Waals surface area contributed by atoms with Gasteiger partial charge in [0.25, 0.3) is 0 Å². The monoisotopic (exact) mass is 263 g/mol. The maximum atomic E-state index is 10.9. The number of carbonyl (C=O) groups excluding carboxylic acids is 2. The number of hydrogen-bond donors (Lipinski definition) is 0. The van der Waals surface area contributed by atoms with Crippen LogP contribution >= 0.6 is 0 Å². The fourth-order valence-corrected chi connectivity index (χ4v) is 1.36. The van der Waals surface area contributed by atoms with E-state index in [1.54, 1.807) is 11.0 Å². The molecule has 0 radical (unpaired) electrons. The van der Waals surface area contributed by atoms with Crippen molar-refractivity contribution >= 4 is 24.1 Å². The second-order valence-electron chi connectivity index (χ2n) is 3.34. The van der Waals surface area contributed by atoms with E-state index in [0.717, 1.165) is 17.7 Å². The Balaban J connectivity index is 0.00000154. The topological polar surface area (TPSA) is 46.6 Å². The summed E-state index contributed by atoms with van der Waals surface area (Å²) in [6.45, 7) is 6.50. The van der Waals surface area contributed by atoms with Gasteiger partial charge in [-0.15, -0.1) is 0 Å². The molecule has 0 atom stereocenters. The fourth-order valence-electron chi connectivity index (χ4n) is 1.36. The van der Waals surface area contributed by atoms with Crippen molar-refractivity contribution < 1.29 is 14.3 Å². The number of ether oxygens (including phenoxy) is 1. The first kappa shape index (κ1) is 16.9. The van der Waals surface area contributed by atoms with Gasteiger partial charge in [0, 0.05) is 18.3 Å². The summed E-state index contributed by atoms with van der Waals surface area (Å²) >= 11 is 0. The first-order valence-electron chi connectivity index (χ1n) is 6.29. The Labute approximate surface area is 114 Å². The highest BCUT2D eigenvalue weighted by Crippen LogP contribution is 2.15. The van der Waals surface area contributed by atoms with Crippen molar-refractivity contribution in [3.05, 3.63) is 35.9 Å². The van der Waals surface area contributed by atoms with Crippen LogP contribution in [0.5, 0.6) is 0 Å². The van der Waals surface area contributed by atoms with E-state index in [1.165, 1.54) is 13.2 Å². The first-order valence-corrected chi connectivity index (χ1v) is 6.29. The molecule has 0 unspecified atom stereocenters. The average Bonchev–Trinajstić information content (AvgIpc) is 2.48. The normalized spacial score (nSPS) is 9.47. The van der Waals surface area contributed by atoms with Crippen LogP contribution in [-0.4, -0.2) is 26.0 Å². The molecule has 19 heavy (non-hydrogen) atoms. The second-order valence-corrected chi connectivity index (χ2v) is 3.34. The van der Waals surface area contributed by atoms with Crippen LogP contribution in [0.2, 0.25) is 0 Å². The summed E-state index contributed by atoms with van der Waals surface area (Å²) < 4.78 is 4.50. The molecule has 4 heteroatoms. The summed E-state index contributed by atoms with van der Waals surface area (Å²) in [6.07, 6.45) is 3.77. The van der Waals surface area contributed by atoms with Gasteiger partial charge >= 0.3 is 5.97 Å². The van der Waals surface area contributed by atoms with Crippen molar-refractivity contribution in [2.45, 2.75) is 20.8 Å². The lowest BCUT2D eigenvalue weighted by molar-refractivity contribution is -0.134. The maximum absolute atomic E-state index is 10.9. The summed E-state index contributed by atoms with van der Waals surface area (Å²) in [5.74, 6) is -0.405. The van der Waals surface area contributed by atoms with Crippen molar-refractivity contribution in [2.24, 2.45) is 0 Å². The number of rotatable bonds is 5. The van der Waals surface area contributed by atoms with E-state index in [4.69, 9.17) is 0 Å².